The van der Waals surface area contributed by atoms with E-state index < -0.39 is 11.4 Å². The number of hydrogen-bond acceptors (Lipinski definition) is 3. The van der Waals surface area contributed by atoms with E-state index in [1.54, 1.807) is 13.0 Å². The van der Waals surface area contributed by atoms with Gasteiger partial charge in [-0.1, -0.05) is 24.3 Å². The monoisotopic (exact) mass is 316 g/mol. The fourth-order valence-corrected chi connectivity index (χ4v) is 2.19. The minimum Gasteiger partial charge on any atom is -0.493 e. The lowest BCUT2D eigenvalue weighted by molar-refractivity contribution is -0.122. The van der Waals surface area contributed by atoms with Crippen LogP contribution in [0.3, 0.4) is 0 Å². The number of carbonyl (C=O) groups is 1. The molecule has 2 aromatic carbocycles. The Balaban J connectivity index is 1.87. The molecule has 4 nitrogen and oxygen atoms in total. The molecule has 0 bridgehead atoms. The normalized spacial score (nSPS) is 13.3. The van der Waals surface area contributed by atoms with Crippen LogP contribution in [0.2, 0.25) is 0 Å². The van der Waals surface area contributed by atoms with Gasteiger partial charge in [-0.3, -0.25) is 4.79 Å². The van der Waals surface area contributed by atoms with Crippen molar-refractivity contribution in [3.8, 4) is 5.75 Å². The van der Waals surface area contributed by atoms with E-state index in [9.17, 15) is 9.18 Å². The van der Waals surface area contributed by atoms with Gasteiger partial charge in [-0.2, -0.15) is 0 Å². The zero-order chi connectivity index (χ0) is 16.9. The van der Waals surface area contributed by atoms with Gasteiger partial charge in [0.2, 0.25) is 5.91 Å². The number of halogens is 1. The maximum atomic E-state index is 13.1. The molecular formula is C18H21FN2O2. The van der Waals surface area contributed by atoms with Gasteiger partial charge >= 0.3 is 0 Å². The lowest BCUT2D eigenvalue weighted by atomic mass is 9.93. The van der Waals surface area contributed by atoms with E-state index in [-0.39, 0.29) is 5.82 Å². The largest absolute Gasteiger partial charge is 0.493 e. The van der Waals surface area contributed by atoms with Crippen LogP contribution in [-0.4, -0.2) is 18.1 Å². The van der Waals surface area contributed by atoms with Crippen LogP contribution in [0.5, 0.6) is 5.75 Å². The van der Waals surface area contributed by atoms with Crippen molar-refractivity contribution in [3.05, 3.63) is 65.5 Å². The van der Waals surface area contributed by atoms with Gasteiger partial charge in [-0.05, 0) is 48.7 Å². The van der Waals surface area contributed by atoms with E-state index in [2.05, 4.69) is 0 Å². The smallest absolute Gasteiger partial charge is 0.237 e. The molecule has 2 aromatic rings. The molecular weight excluding hydrogens is 295 g/mol. The van der Waals surface area contributed by atoms with Gasteiger partial charge in [-0.25, -0.2) is 4.39 Å². The first-order valence-corrected chi connectivity index (χ1v) is 7.42. The van der Waals surface area contributed by atoms with Gasteiger partial charge in [0.1, 0.15) is 11.6 Å². The molecule has 0 aliphatic rings. The Labute approximate surface area is 135 Å². The van der Waals surface area contributed by atoms with Crippen LogP contribution in [0.15, 0.2) is 48.5 Å². The minimum absolute atomic E-state index is 0.244. The standard InChI is InChI=1S/C18H21FN2O2/c1-18(21,17(20)22)12-14-5-7-16(8-6-14)23-10-9-13-3-2-4-15(19)11-13/h2-8,11H,9-10,12,21H2,1H3,(H2,20,22). The Hall–Kier alpha value is -2.40. The number of carbonyl (C=O) groups excluding carboxylic acids is 1. The molecule has 122 valence electrons. The summed E-state index contributed by atoms with van der Waals surface area (Å²) < 4.78 is 18.7. The SMILES string of the molecule is CC(N)(Cc1ccc(OCCc2cccc(F)c2)cc1)C(N)=O. The third-order valence-electron chi connectivity index (χ3n) is 3.61. The second-order valence-corrected chi connectivity index (χ2v) is 5.83. The van der Waals surface area contributed by atoms with Crippen molar-refractivity contribution in [2.75, 3.05) is 6.61 Å². The van der Waals surface area contributed by atoms with Crippen LogP contribution in [-0.2, 0) is 17.6 Å². The van der Waals surface area contributed by atoms with Gasteiger partial charge < -0.3 is 16.2 Å². The van der Waals surface area contributed by atoms with Crippen LogP contribution in [0.1, 0.15) is 18.1 Å². The summed E-state index contributed by atoms with van der Waals surface area (Å²) in [6.07, 6.45) is 0.994. The lowest BCUT2D eigenvalue weighted by Gasteiger charge is -2.20. The summed E-state index contributed by atoms with van der Waals surface area (Å²) in [5.74, 6) is -0.0676. The van der Waals surface area contributed by atoms with Gasteiger partial charge in [0.05, 0.1) is 12.1 Å². The Kier molecular flexibility index (Phi) is 5.34. The second kappa shape index (κ2) is 7.24. The number of benzene rings is 2. The molecule has 1 unspecified atom stereocenters. The molecule has 23 heavy (non-hydrogen) atoms. The molecule has 1 amide bonds. The summed E-state index contributed by atoms with van der Waals surface area (Å²) >= 11 is 0. The predicted octanol–water partition coefficient (Wildman–Crippen LogP) is 2.19. The first-order valence-electron chi connectivity index (χ1n) is 7.42. The average Bonchev–Trinajstić information content (AvgIpc) is 2.49. The molecule has 0 aromatic heterocycles. The van der Waals surface area contributed by atoms with E-state index >= 15 is 0 Å². The van der Waals surface area contributed by atoms with Crippen molar-refractivity contribution in [1.29, 1.82) is 0 Å². The zero-order valence-electron chi connectivity index (χ0n) is 13.1. The Morgan fingerprint density at radius 3 is 2.48 bits per heavy atom. The maximum absolute atomic E-state index is 13.1. The van der Waals surface area contributed by atoms with Crippen molar-refractivity contribution >= 4 is 5.91 Å². The van der Waals surface area contributed by atoms with Gasteiger partial charge in [0.15, 0.2) is 0 Å². The molecule has 0 spiro atoms. The fourth-order valence-electron chi connectivity index (χ4n) is 2.19. The first-order chi connectivity index (χ1) is 10.9. The van der Waals surface area contributed by atoms with E-state index in [4.69, 9.17) is 16.2 Å². The van der Waals surface area contributed by atoms with Crippen molar-refractivity contribution in [3.63, 3.8) is 0 Å². The molecule has 4 N–H and O–H groups in total. The van der Waals surface area contributed by atoms with E-state index in [1.807, 2.05) is 30.3 Å². The Morgan fingerprint density at radius 2 is 1.87 bits per heavy atom. The van der Waals surface area contributed by atoms with Crippen LogP contribution < -0.4 is 16.2 Å². The molecule has 0 heterocycles. The highest BCUT2D eigenvalue weighted by atomic mass is 19.1. The highest BCUT2D eigenvalue weighted by Gasteiger charge is 2.25. The molecule has 0 saturated carbocycles. The Bertz CT molecular complexity index is 669. The summed E-state index contributed by atoms with van der Waals surface area (Å²) in [4.78, 5) is 11.2. The molecule has 2 rings (SSSR count). The molecule has 1 atom stereocenters. The molecule has 0 fully saturated rings. The highest BCUT2D eigenvalue weighted by Crippen LogP contribution is 2.16. The lowest BCUT2D eigenvalue weighted by Crippen LogP contribution is -2.51. The predicted molar refractivity (Wildman–Crippen MR) is 87.5 cm³/mol. The number of ether oxygens (including phenoxy) is 1. The van der Waals surface area contributed by atoms with Crippen LogP contribution in [0, 0.1) is 5.82 Å². The summed E-state index contributed by atoms with van der Waals surface area (Å²) in [5.41, 5.74) is 11.8. The van der Waals surface area contributed by atoms with E-state index in [0.717, 1.165) is 11.1 Å². The zero-order valence-corrected chi connectivity index (χ0v) is 13.1. The number of primary amides is 1. The Morgan fingerprint density at radius 1 is 1.17 bits per heavy atom. The summed E-state index contributed by atoms with van der Waals surface area (Å²) in [6, 6.07) is 13.8. The third kappa shape index (κ3) is 5.07. The van der Waals surface area contributed by atoms with Gasteiger partial charge in [-0.15, -0.1) is 0 Å². The van der Waals surface area contributed by atoms with Crippen molar-refractivity contribution < 1.29 is 13.9 Å². The molecule has 5 heteroatoms. The number of hydrogen-bond donors (Lipinski definition) is 2. The number of nitrogens with two attached hydrogens (primary N) is 2. The number of rotatable bonds is 7. The molecule has 0 aliphatic heterocycles. The van der Waals surface area contributed by atoms with Crippen molar-refractivity contribution in [2.24, 2.45) is 11.5 Å². The first kappa shape index (κ1) is 17.0. The van der Waals surface area contributed by atoms with Crippen LogP contribution in [0.4, 0.5) is 4.39 Å². The fraction of sp³-hybridized carbons (Fsp3) is 0.278. The quantitative estimate of drug-likeness (QED) is 0.822. The summed E-state index contributed by atoms with van der Waals surface area (Å²) in [5, 5.41) is 0. The summed E-state index contributed by atoms with van der Waals surface area (Å²) in [6.45, 7) is 2.07. The minimum atomic E-state index is -1.07. The van der Waals surface area contributed by atoms with Gasteiger partial charge in [0, 0.05) is 6.42 Å². The maximum Gasteiger partial charge on any atom is 0.237 e. The second-order valence-electron chi connectivity index (χ2n) is 5.83. The van der Waals surface area contributed by atoms with E-state index in [0.29, 0.717) is 25.2 Å². The van der Waals surface area contributed by atoms with Crippen LogP contribution >= 0.6 is 0 Å². The highest BCUT2D eigenvalue weighted by molar-refractivity contribution is 5.84. The molecule has 0 radical (unpaired) electrons. The van der Waals surface area contributed by atoms with Gasteiger partial charge in [0.25, 0.3) is 0 Å². The van der Waals surface area contributed by atoms with E-state index in [1.165, 1.54) is 12.1 Å². The number of amides is 1. The van der Waals surface area contributed by atoms with Crippen LogP contribution in [0.25, 0.3) is 0 Å². The average molecular weight is 316 g/mol. The molecule has 0 saturated heterocycles. The third-order valence-corrected chi connectivity index (χ3v) is 3.61. The topological polar surface area (TPSA) is 78.3 Å². The van der Waals surface area contributed by atoms with Crippen molar-refractivity contribution in [1.82, 2.24) is 0 Å². The summed E-state index contributed by atoms with van der Waals surface area (Å²) in [7, 11) is 0. The van der Waals surface area contributed by atoms with Crippen molar-refractivity contribution in [2.45, 2.75) is 25.3 Å². The molecule has 0 aliphatic carbocycles.